The molecule has 1 heterocycles. The molecule has 21 heavy (non-hydrogen) atoms. The van der Waals surface area contributed by atoms with Crippen molar-refractivity contribution in [2.24, 2.45) is 0 Å². The molecule has 0 saturated carbocycles. The van der Waals surface area contributed by atoms with E-state index in [-0.39, 0.29) is 5.56 Å². The van der Waals surface area contributed by atoms with Crippen LogP contribution in [0.25, 0.3) is 0 Å². The molecule has 0 aliphatic rings. The van der Waals surface area contributed by atoms with Crippen LogP contribution in [0.3, 0.4) is 0 Å². The predicted octanol–water partition coefficient (Wildman–Crippen LogP) is 5.17. The summed E-state index contributed by atoms with van der Waals surface area (Å²) in [7, 11) is 1.60. The highest BCUT2D eigenvalue weighted by Crippen LogP contribution is 2.35. The standard InChI is InChI=1S/C14H12BrF4NS/c1-20-11(7-8-5-6-12(15)21-8)9-3-2-4-10(13(9)16)14(17,18)19/h2-6,11,20H,7H2,1H3. The number of thiophene rings is 1. The first kappa shape index (κ1) is 16.5. The Balaban J connectivity index is 2.34. The Morgan fingerprint density at radius 3 is 2.48 bits per heavy atom. The Bertz CT molecular complexity index is 624. The number of alkyl halides is 3. The first-order chi connectivity index (χ1) is 9.82. The predicted molar refractivity (Wildman–Crippen MR) is 78.9 cm³/mol. The minimum absolute atomic E-state index is 0.0249. The van der Waals surface area contributed by atoms with Gasteiger partial charge in [-0.25, -0.2) is 4.39 Å². The van der Waals surface area contributed by atoms with Gasteiger partial charge >= 0.3 is 6.18 Å². The summed E-state index contributed by atoms with van der Waals surface area (Å²) in [6.45, 7) is 0. The summed E-state index contributed by atoms with van der Waals surface area (Å²) in [5, 5.41) is 2.88. The molecule has 1 N–H and O–H groups in total. The van der Waals surface area contributed by atoms with Crippen molar-refractivity contribution in [1.82, 2.24) is 5.32 Å². The van der Waals surface area contributed by atoms with Crippen molar-refractivity contribution in [3.05, 3.63) is 55.9 Å². The first-order valence-electron chi connectivity index (χ1n) is 6.10. The zero-order chi connectivity index (χ0) is 15.6. The Hall–Kier alpha value is -0.920. The van der Waals surface area contributed by atoms with Crippen LogP contribution in [0.4, 0.5) is 17.6 Å². The summed E-state index contributed by atoms with van der Waals surface area (Å²) in [4.78, 5) is 0.957. The van der Waals surface area contributed by atoms with Crippen LogP contribution in [-0.4, -0.2) is 7.05 Å². The fourth-order valence-electron chi connectivity index (χ4n) is 2.07. The molecule has 1 aromatic carbocycles. The van der Waals surface area contributed by atoms with Gasteiger partial charge in [-0.3, -0.25) is 0 Å². The zero-order valence-corrected chi connectivity index (χ0v) is 13.4. The molecule has 0 aliphatic heterocycles. The summed E-state index contributed by atoms with van der Waals surface area (Å²) in [5.74, 6) is -1.21. The minimum atomic E-state index is -4.69. The van der Waals surface area contributed by atoms with Crippen LogP contribution in [0.2, 0.25) is 0 Å². The third-order valence-electron chi connectivity index (χ3n) is 3.09. The maximum atomic E-state index is 14.1. The average Bonchev–Trinajstić information content (AvgIpc) is 2.81. The summed E-state index contributed by atoms with van der Waals surface area (Å²) >= 11 is 4.80. The Kier molecular flexibility index (Phi) is 5.06. The van der Waals surface area contributed by atoms with E-state index in [0.29, 0.717) is 6.42 Å². The van der Waals surface area contributed by atoms with Gasteiger partial charge in [0.2, 0.25) is 0 Å². The molecule has 2 rings (SSSR count). The molecule has 1 unspecified atom stereocenters. The maximum Gasteiger partial charge on any atom is 0.419 e. The van der Waals surface area contributed by atoms with E-state index < -0.39 is 23.6 Å². The van der Waals surface area contributed by atoms with Gasteiger partial charge in [0, 0.05) is 22.9 Å². The molecule has 0 amide bonds. The topological polar surface area (TPSA) is 12.0 Å². The maximum absolute atomic E-state index is 14.1. The van der Waals surface area contributed by atoms with Crippen LogP contribution < -0.4 is 5.32 Å². The van der Waals surface area contributed by atoms with E-state index in [1.807, 2.05) is 12.1 Å². The summed E-state index contributed by atoms with van der Waals surface area (Å²) in [6.07, 6.45) is -4.27. The molecule has 0 bridgehead atoms. The molecular weight excluding hydrogens is 370 g/mol. The van der Waals surface area contributed by atoms with E-state index in [9.17, 15) is 17.6 Å². The van der Waals surface area contributed by atoms with Crippen LogP contribution in [0.5, 0.6) is 0 Å². The zero-order valence-electron chi connectivity index (χ0n) is 11.0. The molecule has 0 aliphatic carbocycles. The number of likely N-dealkylation sites (N-methyl/N-ethyl adjacent to an activating group) is 1. The molecule has 0 saturated heterocycles. The smallest absolute Gasteiger partial charge is 0.313 e. The monoisotopic (exact) mass is 381 g/mol. The van der Waals surface area contributed by atoms with Gasteiger partial charge in [-0.2, -0.15) is 13.2 Å². The lowest BCUT2D eigenvalue weighted by Crippen LogP contribution is -2.21. The Morgan fingerprint density at radius 2 is 1.95 bits per heavy atom. The van der Waals surface area contributed by atoms with Crippen LogP contribution >= 0.6 is 27.3 Å². The highest BCUT2D eigenvalue weighted by molar-refractivity contribution is 9.11. The fourth-order valence-corrected chi connectivity index (χ4v) is 3.60. The Morgan fingerprint density at radius 1 is 1.24 bits per heavy atom. The lowest BCUT2D eigenvalue weighted by Gasteiger charge is -2.19. The van der Waals surface area contributed by atoms with Crippen LogP contribution in [0, 0.1) is 5.82 Å². The van der Waals surface area contributed by atoms with Gasteiger partial charge in [0.05, 0.1) is 9.35 Å². The normalized spacial score (nSPS) is 13.4. The molecule has 2 aromatic rings. The van der Waals surface area contributed by atoms with E-state index in [2.05, 4.69) is 21.2 Å². The fraction of sp³-hybridized carbons (Fsp3) is 0.286. The second kappa shape index (κ2) is 6.46. The average molecular weight is 382 g/mol. The van der Waals surface area contributed by atoms with Gasteiger partial charge in [-0.1, -0.05) is 12.1 Å². The molecule has 1 nitrogen and oxygen atoms in total. The van der Waals surface area contributed by atoms with E-state index in [1.165, 1.54) is 23.5 Å². The van der Waals surface area contributed by atoms with Crippen molar-refractivity contribution in [3.8, 4) is 0 Å². The second-order valence-corrected chi connectivity index (χ2v) is 7.01. The quantitative estimate of drug-likeness (QED) is 0.720. The highest BCUT2D eigenvalue weighted by atomic mass is 79.9. The van der Waals surface area contributed by atoms with E-state index >= 15 is 0 Å². The molecule has 114 valence electrons. The highest BCUT2D eigenvalue weighted by Gasteiger charge is 2.35. The molecular formula is C14H12BrF4NS. The van der Waals surface area contributed by atoms with Crippen LogP contribution in [0.1, 0.15) is 22.0 Å². The summed E-state index contributed by atoms with van der Waals surface area (Å²) < 4.78 is 53.4. The molecule has 0 spiro atoms. The van der Waals surface area contributed by atoms with Crippen molar-refractivity contribution >= 4 is 27.3 Å². The van der Waals surface area contributed by atoms with Crippen molar-refractivity contribution in [2.75, 3.05) is 7.05 Å². The van der Waals surface area contributed by atoms with Crippen LogP contribution in [0.15, 0.2) is 34.1 Å². The third kappa shape index (κ3) is 3.84. The lowest BCUT2D eigenvalue weighted by atomic mass is 9.99. The van der Waals surface area contributed by atoms with Gasteiger partial charge < -0.3 is 5.32 Å². The van der Waals surface area contributed by atoms with E-state index in [1.54, 1.807) is 7.05 Å². The number of benzene rings is 1. The largest absolute Gasteiger partial charge is 0.419 e. The van der Waals surface area contributed by atoms with Gasteiger partial charge in [-0.15, -0.1) is 11.3 Å². The van der Waals surface area contributed by atoms with Crippen molar-refractivity contribution in [2.45, 2.75) is 18.6 Å². The summed E-state index contributed by atoms with van der Waals surface area (Å²) in [6, 6.07) is 6.58. The second-order valence-electron chi connectivity index (χ2n) is 4.46. The summed E-state index contributed by atoms with van der Waals surface area (Å²) in [5.41, 5.74) is -1.20. The van der Waals surface area contributed by atoms with Gasteiger partial charge in [-0.05, 0) is 41.2 Å². The minimum Gasteiger partial charge on any atom is -0.313 e. The SMILES string of the molecule is CNC(Cc1ccc(Br)s1)c1cccc(C(F)(F)F)c1F. The van der Waals surface area contributed by atoms with E-state index in [0.717, 1.165) is 14.7 Å². The van der Waals surface area contributed by atoms with Gasteiger partial charge in [0.25, 0.3) is 0 Å². The van der Waals surface area contributed by atoms with Gasteiger partial charge in [0.1, 0.15) is 5.82 Å². The molecule has 1 atom stereocenters. The number of halogens is 5. The molecule has 1 aromatic heterocycles. The lowest BCUT2D eigenvalue weighted by molar-refractivity contribution is -0.140. The molecule has 0 fully saturated rings. The van der Waals surface area contributed by atoms with Crippen molar-refractivity contribution in [3.63, 3.8) is 0 Å². The van der Waals surface area contributed by atoms with E-state index in [4.69, 9.17) is 0 Å². The molecule has 0 radical (unpaired) electrons. The number of hydrogen-bond donors (Lipinski definition) is 1. The number of nitrogens with one attached hydrogen (secondary N) is 1. The number of hydrogen-bond acceptors (Lipinski definition) is 2. The molecule has 7 heteroatoms. The first-order valence-corrected chi connectivity index (χ1v) is 7.71. The van der Waals surface area contributed by atoms with Crippen molar-refractivity contribution < 1.29 is 17.6 Å². The number of rotatable bonds is 4. The third-order valence-corrected chi connectivity index (χ3v) is 4.74. The van der Waals surface area contributed by atoms with Crippen molar-refractivity contribution in [1.29, 1.82) is 0 Å². The van der Waals surface area contributed by atoms with Gasteiger partial charge in [0.15, 0.2) is 0 Å². The Labute approximate surface area is 132 Å². The van der Waals surface area contributed by atoms with Crippen LogP contribution in [-0.2, 0) is 12.6 Å².